The summed E-state index contributed by atoms with van der Waals surface area (Å²) in [4.78, 5) is 12.0. The number of hydrogen-bond donors (Lipinski definition) is 1. The van der Waals surface area contributed by atoms with Gasteiger partial charge in [-0.15, -0.1) is 0 Å². The highest BCUT2D eigenvalue weighted by molar-refractivity contribution is 6.30. The van der Waals surface area contributed by atoms with Gasteiger partial charge in [-0.05, 0) is 61.2 Å². The summed E-state index contributed by atoms with van der Waals surface area (Å²) < 4.78 is 16.2. The van der Waals surface area contributed by atoms with Crippen LogP contribution in [0.25, 0.3) is 0 Å². The minimum absolute atomic E-state index is 0.0203. The van der Waals surface area contributed by atoms with Gasteiger partial charge in [-0.1, -0.05) is 17.7 Å². The second kappa shape index (κ2) is 10.7. The number of halogens is 1. The van der Waals surface area contributed by atoms with Crippen LogP contribution in [0.15, 0.2) is 36.4 Å². The van der Waals surface area contributed by atoms with Crippen LogP contribution < -0.4 is 19.5 Å². The minimum atomic E-state index is 0.0203. The standard InChI is InChI=1S/C21H26ClNO4/c1-15-13-17(22)7-9-18(15)27-12-4-5-21(24)23-11-10-16-6-8-19(25-2)20(14-16)26-3/h6-9,13-14H,4-5,10-12H2,1-3H3,(H,23,24). The molecule has 27 heavy (non-hydrogen) atoms. The van der Waals surface area contributed by atoms with Crippen LogP contribution in [-0.2, 0) is 11.2 Å². The summed E-state index contributed by atoms with van der Waals surface area (Å²) in [6.07, 6.45) is 1.81. The highest BCUT2D eigenvalue weighted by atomic mass is 35.5. The zero-order valence-electron chi connectivity index (χ0n) is 16.0. The van der Waals surface area contributed by atoms with Crippen LogP contribution in [0.5, 0.6) is 17.2 Å². The van der Waals surface area contributed by atoms with Crippen LogP contribution >= 0.6 is 11.6 Å². The Balaban J connectivity index is 1.66. The number of nitrogens with one attached hydrogen (secondary N) is 1. The van der Waals surface area contributed by atoms with Gasteiger partial charge in [-0.3, -0.25) is 4.79 Å². The second-order valence-electron chi connectivity index (χ2n) is 6.15. The molecule has 0 aromatic heterocycles. The summed E-state index contributed by atoms with van der Waals surface area (Å²) in [5.74, 6) is 2.21. The number of ether oxygens (including phenoxy) is 3. The van der Waals surface area contributed by atoms with Crippen molar-refractivity contribution in [3.63, 3.8) is 0 Å². The quantitative estimate of drug-likeness (QED) is 0.617. The van der Waals surface area contributed by atoms with Crippen LogP contribution in [0.4, 0.5) is 0 Å². The molecule has 0 aliphatic carbocycles. The normalized spacial score (nSPS) is 10.4. The van der Waals surface area contributed by atoms with Crippen LogP contribution in [0.1, 0.15) is 24.0 Å². The molecule has 0 saturated carbocycles. The lowest BCUT2D eigenvalue weighted by molar-refractivity contribution is -0.121. The van der Waals surface area contributed by atoms with Gasteiger partial charge < -0.3 is 19.5 Å². The van der Waals surface area contributed by atoms with Crippen molar-refractivity contribution in [3.8, 4) is 17.2 Å². The third-order valence-corrected chi connectivity index (χ3v) is 4.36. The Bertz CT molecular complexity index is 764. The fraction of sp³-hybridized carbons (Fsp3) is 0.381. The van der Waals surface area contributed by atoms with E-state index < -0.39 is 0 Å². The van der Waals surface area contributed by atoms with Crippen molar-refractivity contribution >= 4 is 17.5 Å². The van der Waals surface area contributed by atoms with Gasteiger partial charge in [0.1, 0.15) is 5.75 Å². The van der Waals surface area contributed by atoms with Gasteiger partial charge in [0.25, 0.3) is 0 Å². The SMILES string of the molecule is COc1ccc(CCNC(=O)CCCOc2ccc(Cl)cc2C)cc1OC. The predicted molar refractivity (Wildman–Crippen MR) is 107 cm³/mol. The molecule has 1 N–H and O–H groups in total. The molecule has 5 nitrogen and oxygen atoms in total. The van der Waals surface area contributed by atoms with E-state index in [1.54, 1.807) is 20.3 Å². The largest absolute Gasteiger partial charge is 0.493 e. The number of carbonyl (C=O) groups is 1. The van der Waals surface area contributed by atoms with Crippen molar-refractivity contribution < 1.29 is 19.0 Å². The molecule has 0 aliphatic rings. The molecule has 0 aliphatic heterocycles. The molecule has 0 atom stereocenters. The third kappa shape index (κ3) is 6.68. The van der Waals surface area contributed by atoms with E-state index in [1.165, 1.54) is 0 Å². The molecule has 6 heteroatoms. The topological polar surface area (TPSA) is 56.8 Å². The molecule has 146 valence electrons. The molecule has 2 aromatic carbocycles. The maximum absolute atomic E-state index is 12.0. The van der Waals surface area contributed by atoms with E-state index in [-0.39, 0.29) is 5.91 Å². The number of benzene rings is 2. The summed E-state index contributed by atoms with van der Waals surface area (Å²) in [6.45, 7) is 3.01. The number of methoxy groups -OCH3 is 2. The van der Waals surface area contributed by atoms with E-state index in [4.69, 9.17) is 25.8 Å². The van der Waals surface area contributed by atoms with Crippen LogP contribution in [0.2, 0.25) is 5.02 Å². The molecule has 1 amide bonds. The van der Waals surface area contributed by atoms with Gasteiger partial charge in [0.05, 0.1) is 20.8 Å². The number of carbonyl (C=O) groups excluding carboxylic acids is 1. The lowest BCUT2D eigenvalue weighted by atomic mass is 10.1. The van der Waals surface area contributed by atoms with Crippen molar-refractivity contribution in [3.05, 3.63) is 52.5 Å². The van der Waals surface area contributed by atoms with E-state index in [0.29, 0.717) is 42.5 Å². The molecule has 2 rings (SSSR count). The molecule has 0 fully saturated rings. The summed E-state index contributed by atoms with van der Waals surface area (Å²) in [5.41, 5.74) is 2.07. The van der Waals surface area contributed by atoms with Gasteiger partial charge in [-0.2, -0.15) is 0 Å². The summed E-state index contributed by atoms with van der Waals surface area (Å²) >= 11 is 5.92. The summed E-state index contributed by atoms with van der Waals surface area (Å²) in [5, 5.41) is 3.62. The first-order valence-electron chi connectivity index (χ1n) is 8.90. The van der Waals surface area contributed by atoms with Crippen molar-refractivity contribution in [1.29, 1.82) is 0 Å². The Hall–Kier alpha value is -2.40. The fourth-order valence-corrected chi connectivity index (χ4v) is 2.89. The maximum atomic E-state index is 12.0. The molecule has 0 radical (unpaired) electrons. The summed E-state index contributed by atoms with van der Waals surface area (Å²) in [7, 11) is 3.22. The number of aryl methyl sites for hydroxylation is 1. The van der Waals surface area contributed by atoms with Gasteiger partial charge >= 0.3 is 0 Å². The molecule has 0 heterocycles. The van der Waals surface area contributed by atoms with E-state index >= 15 is 0 Å². The smallest absolute Gasteiger partial charge is 0.220 e. The Morgan fingerprint density at radius 3 is 2.48 bits per heavy atom. The van der Waals surface area contributed by atoms with Crippen molar-refractivity contribution in [2.24, 2.45) is 0 Å². The van der Waals surface area contributed by atoms with E-state index in [2.05, 4.69) is 5.32 Å². The Morgan fingerprint density at radius 2 is 1.78 bits per heavy atom. The van der Waals surface area contributed by atoms with Crippen LogP contribution in [0.3, 0.4) is 0 Å². The van der Waals surface area contributed by atoms with Gasteiger partial charge in [0.2, 0.25) is 5.91 Å². The van der Waals surface area contributed by atoms with E-state index in [9.17, 15) is 4.79 Å². The first kappa shape index (κ1) is 20.9. The minimum Gasteiger partial charge on any atom is -0.493 e. The van der Waals surface area contributed by atoms with Crippen LogP contribution in [0, 0.1) is 6.92 Å². The molecule has 2 aromatic rings. The zero-order valence-corrected chi connectivity index (χ0v) is 16.8. The number of hydrogen-bond acceptors (Lipinski definition) is 4. The van der Waals surface area contributed by atoms with Gasteiger partial charge in [-0.25, -0.2) is 0 Å². The predicted octanol–water partition coefficient (Wildman–Crippen LogP) is 4.18. The van der Waals surface area contributed by atoms with Crippen molar-refractivity contribution in [2.75, 3.05) is 27.4 Å². The monoisotopic (exact) mass is 391 g/mol. The first-order valence-corrected chi connectivity index (χ1v) is 9.28. The second-order valence-corrected chi connectivity index (χ2v) is 6.59. The van der Waals surface area contributed by atoms with E-state index in [0.717, 1.165) is 23.3 Å². The highest BCUT2D eigenvalue weighted by Gasteiger charge is 2.06. The fourth-order valence-electron chi connectivity index (χ4n) is 2.66. The average molecular weight is 392 g/mol. The molecule has 0 unspecified atom stereocenters. The maximum Gasteiger partial charge on any atom is 0.220 e. The zero-order chi connectivity index (χ0) is 19.6. The lowest BCUT2D eigenvalue weighted by Gasteiger charge is -2.11. The van der Waals surface area contributed by atoms with Gasteiger partial charge in [0.15, 0.2) is 11.5 Å². The van der Waals surface area contributed by atoms with Crippen molar-refractivity contribution in [1.82, 2.24) is 5.32 Å². The van der Waals surface area contributed by atoms with E-state index in [1.807, 2.05) is 37.3 Å². The molecular weight excluding hydrogens is 366 g/mol. The highest BCUT2D eigenvalue weighted by Crippen LogP contribution is 2.27. The Labute approximate surface area is 165 Å². The Kier molecular flexibility index (Phi) is 8.27. The molecule has 0 saturated heterocycles. The molecule has 0 spiro atoms. The molecular formula is C21H26ClNO4. The van der Waals surface area contributed by atoms with Gasteiger partial charge in [0, 0.05) is 18.0 Å². The number of amides is 1. The molecule has 0 bridgehead atoms. The average Bonchev–Trinajstić information content (AvgIpc) is 2.66. The third-order valence-electron chi connectivity index (χ3n) is 4.13. The lowest BCUT2D eigenvalue weighted by Crippen LogP contribution is -2.25. The van der Waals surface area contributed by atoms with Crippen molar-refractivity contribution in [2.45, 2.75) is 26.2 Å². The number of rotatable bonds is 10. The van der Waals surface area contributed by atoms with Crippen LogP contribution in [-0.4, -0.2) is 33.3 Å². The Morgan fingerprint density at radius 1 is 1.04 bits per heavy atom. The first-order chi connectivity index (χ1) is 13.0. The summed E-state index contributed by atoms with van der Waals surface area (Å²) in [6, 6.07) is 11.3.